The summed E-state index contributed by atoms with van der Waals surface area (Å²) >= 11 is 0. The van der Waals surface area contributed by atoms with Crippen molar-refractivity contribution in [3.05, 3.63) is 0 Å². The van der Waals surface area contributed by atoms with E-state index in [0.29, 0.717) is 6.42 Å². The Labute approximate surface area is 127 Å². The third-order valence-corrected chi connectivity index (χ3v) is 4.00. The Hall–Kier alpha value is -1.32. The summed E-state index contributed by atoms with van der Waals surface area (Å²) in [5, 5.41) is 0. The molecule has 0 atom stereocenters. The molecule has 0 unspecified atom stereocenters. The fourth-order valence-electron chi connectivity index (χ4n) is 3.11. The van der Waals surface area contributed by atoms with Crippen LogP contribution in [0.1, 0.15) is 66.7 Å². The summed E-state index contributed by atoms with van der Waals surface area (Å²) in [6.45, 7) is 7.55. The van der Waals surface area contributed by atoms with Crippen LogP contribution < -0.4 is 0 Å². The molecule has 4 nitrogen and oxygen atoms in total. The fraction of sp³-hybridized carbons (Fsp3) is 0.765. The molecule has 0 heterocycles. The molecular formula is C17H28O4. The highest BCUT2D eigenvalue weighted by atomic mass is 16.2. The third kappa shape index (κ3) is 6.32. The molecule has 0 amide bonds. The van der Waals surface area contributed by atoms with Crippen LogP contribution in [0, 0.1) is 17.8 Å². The molecular weight excluding hydrogens is 268 g/mol. The lowest BCUT2D eigenvalue weighted by atomic mass is 9.72. The van der Waals surface area contributed by atoms with Crippen LogP contribution in [0.25, 0.3) is 0 Å². The fourth-order valence-corrected chi connectivity index (χ4v) is 3.11. The van der Waals surface area contributed by atoms with Crippen molar-refractivity contribution in [1.29, 1.82) is 0 Å². The van der Waals surface area contributed by atoms with Gasteiger partial charge >= 0.3 is 0 Å². The molecule has 0 aromatic rings. The minimum atomic E-state index is -0.843. The van der Waals surface area contributed by atoms with Crippen molar-refractivity contribution in [3.8, 4) is 0 Å². The topological polar surface area (TPSA) is 68.3 Å². The van der Waals surface area contributed by atoms with E-state index in [9.17, 15) is 19.2 Å². The second kappa shape index (κ2) is 9.59. The minimum absolute atomic E-state index is 0.254. The standard InChI is InChI=1S/C17H28O4/c1-6-7-8-9-10-15(16(11(2)18)12(3)19)17(13(4)20)14(5)21/h15-17H,6-10H2,1-5H3. The summed E-state index contributed by atoms with van der Waals surface area (Å²) in [4.78, 5) is 47.3. The first-order valence-corrected chi connectivity index (χ1v) is 7.75. The van der Waals surface area contributed by atoms with Crippen molar-refractivity contribution >= 4 is 23.1 Å². The molecule has 0 saturated carbocycles. The lowest BCUT2D eigenvalue weighted by molar-refractivity contribution is -0.138. The molecule has 0 fully saturated rings. The van der Waals surface area contributed by atoms with Gasteiger partial charge < -0.3 is 0 Å². The normalized spacial score (nSPS) is 11.2. The monoisotopic (exact) mass is 296 g/mol. The first-order chi connectivity index (χ1) is 9.73. The van der Waals surface area contributed by atoms with Gasteiger partial charge in [-0.3, -0.25) is 19.2 Å². The highest BCUT2D eigenvalue weighted by Crippen LogP contribution is 2.30. The largest absolute Gasteiger partial charge is 0.299 e. The van der Waals surface area contributed by atoms with Crippen molar-refractivity contribution in [2.24, 2.45) is 17.8 Å². The van der Waals surface area contributed by atoms with E-state index >= 15 is 0 Å². The van der Waals surface area contributed by atoms with Crippen LogP contribution in [0.15, 0.2) is 0 Å². The summed E-state index contributed by atoms with van der Waals surface area (Å²) in [6.07, 6.45) is 4.52. The Balaban J connectivity index is 5.31. The number of Topliss-reactive ketones (excluding diaryl/α,β-unsaturated/α-hetero) is 4. The van der Waals surface area contributed by atoms with Crippen LogP contribution in [0.3, 0.4) is 0 Å². The number of carbonyl (C=O) groups is 4. The van der Waals surface area contributed by atoms with Crippen molar-refractivity contribution in [3.63, 3.8) is 0 Å². The Kier molecular flexibility index (Phi) is 8.98. The highest BCUT2D eigenvalue weighted by Gasteiger charge is 2.39. The van der Waals surface area contributed by atoms with Crippen LogP contribution in [-0.2, 0) is 19.2 Å². The van der Waals surface area contributed by atoms with E-state index in [1.54, 1.807) is 0 Å². The highest BCUT2D eigenvalue weighted by molar-refractivity contribution is 6.05. The van der Waals surface area contributed by atoms with Crippen LogP contribution in [-0.4, -0.2) is 23.1 Å². The maximum Gasteiger partial charge on any atom is 0.140 e. The molecule has 0 aliphatic carbocycles. The van der Waals surface area contributed by atoms with E-state index in [1.165, 1.54) is 27.7 Å². The van der Waals surface area contributed by atoms with Crippen molar-refractivity contribution in [1.82, 2.24) is 0 Å². The molecule has 120 valence electrons. The van der Waals surface area contributed by atoms with Crippen LogP contribution in [0.2, 0.25) is 0 Å². The molecule has 0 N–H and O–H groups in total. The van der Waals surface area contributed by atoms with Crippen LogP contribution >= 0.6 is 0 Å². The first kappa shape index (κ1) is 19.7. The molecule has 0 radical (unpaired) electrons. The third-order valence-electron chi connectivity index (χ3n) is 4.00. The van der Waals surface area contributed by atoms with Gasteiger partial charge in [0.2, 0.25) is 0 Å². The number of carbonyl (C=O) groups excluding carboxylic acids is 4. The average Bonchev–Trinajstić information content (AvgIpc) is 2.32. The molecule has 0 rings (SSSR count). The SMILES string of the molecule is CCCCCCC(C(C(C)=O)C(C)=O)C(C(C)=O)C(C)=O. The van der Waals surface area contributed by atoms with Gasteiger partial charge in [-0.05, 0) is 40.0 Å². The van der Waals surface area contributed by atoms with Gasteiger partial charge in [-0.25, -0.2) is 0 Å². The van der Waals surface area contributed by atoms with Gasteiger partial charge in [0.25, 0.3) is 0 Å². The quantitative estimate of drug-likeness (QED) is 0.434. The molecule has 0 spiro atoms. The van der Waals surface area contributed by atoms with E-state index in [-0.39, 0.29) is 23.1 Å². The zero-order valence-corrected chi connectivity index (χ0v) is 13.9. The molecule has 0 aliphatic heterocycles. The average molecular weight is 296 g/mol. The number of hydrogen-bond acceptors (Lipinski definition) is 4. The zero-order chi connectivity index (χ0) is 16.6. The van der Waals surface area contributed by atoms with E-state index in [4.69, 9.17) is 0 Å². The van der Waals surface area contributed by atoms with E-state index < -0.39 is 17.8 Å². The summed E-state index contributed by atoms with van der Waals surface area (Å²) in [5.41, 5.74) is 0. The second-order valence-corrected chi connectivity index (χ2v) is 5.91. The van der Waals surface area contributed by atoms with Crippen LogP contribution in [0.5, 0.6) is 0 Å². The number of ketones is 4. The predicted octanol–water partition coefficient (Wildman–Crippen LogP) is 3.16. The van der Waals surface area contributed by atoms with Crippen molar-refractivity contribution in [2.45, 2.75) is 66.7 Å². The van der Waals surface area contributed by atoms with Crippen molar-refractivity contribution in [2.75, 3.05) is 0 Å². The van der Waals surface area contributed by atoms with Gasteiger partial charge in [0, 0.05) is 0 Å². The number of unbranched alkanes of at least 4 members (excludes halogenated alkanes) is 3. The lowest BCUT2D eigenvalue weighted by Crippen LogP contribution is -2.39. The molecule has 0 saturated heterocycles. The second-order valence-electron chi connectivity index (χ2n) is 5.91. The Bertz CT molecular complexity index is 338. The summed E-state index contributed by atoms with van der Waals surface area (Å²) < 4.78 is 0. The minimum Gasteiger partial charge on any atom is -0.299 e. The molecule has 0 bridgehead atoms. The summed E-state index contributed by atoms with van der Waals surface area (Å²) in [6, 6.07) is 0. The number of rotatable bonds is 11. The summed E-state index contributed by atoms with van der Waals surface area (Å²) in [7, 11) is 0. The van der Waals surface area contributed by atoms with Crippen LogP contribution in [0.4, 0.5) is 0 Å². The summed E-state index contributed by atoms with van der Waals surface area (Å²) in [5.74, 6) is -3.20. The molecule has 4 heteroatoms. The zero-order valence-electron chi connectivity index (χ0n) is 13.9. The van der Waals surface area contributed by atoms with E-state index in [2.05, 4.69) is 6.92 Å². The van der Waals surface area contributed by atoms with E-state index in [1.807, 2.05) is 0 Å². The van der Waals surface area contributed by atoms with Gasteiger partial charge in [0.1, 0.15) is 23.1 Å². The van der Waals surface area contributed by atoms with Gasteiger partial charge in [0.05, 0.1) is 11.8 Å². The van der Waals surface area contributed by atoms with Gasteiger partial charge in [0.15, 0.2) is 0 Å². The van der Waals surface area contributed by atoms with Gasteiger partial charge in [-0.15, -0.1) is 0 Å². The Morgan fingerprint density at radius 2 is 1.05 bits per heavy atom. The molecule has 0 aromatic carbocycles. The smallest absolute Gasteiger partial charge is 0.140 e. The number of hydrogen-bond donors (Lipinski definition) is 0. The Morgan fingerprint density at radius 3 is 1.33 bits per heavy atom. The van der Waals surface area contributed by atoms with Gasteiger partial charge in [-0.1, -0.05) is 32.6 Å². The maximum absolute atomic E-state index is 11.8. The first-order valence-electron chi connectivity index (χ1n) is 7.75. The van der Waals surface area contributed by atoms with Crippen molar-refractivity contribution < 1.29 is 19.2 Å². The maximum atomic E-state index is 11.8. The van der Waals surface area contributed by atoms with E-state index in [0.717, 1.165) is 25.7 Å². The lowest BCUT2D eigenvalue weighted by Gasteiger charge is -2.28. The molecule has 21 heavy (non-hydrogen) atoms. The molecule has 0 aliphatic rings. The predicted molar refractivity (Wildman–Crippen MR) is 82.0 cm³/mol. The molecule has 0 aromatic heterocycles. The Morgan fingerprint density at radius 1 is 0.667 bits per heavy atom. The van der Waals surface area contributed by atoms with Gasteiger partial charge in [-0.2, -0.15) is 0 Å².